The molecule has 2 aliphatic rings. The summed E-state index contributed by atoms with van der Waals surface area (Å²) in [5.74, 6) is 2.45. The van der Waals surface area contributed by atoms with Gasteiger partial charge < -0.3 is 34.7 Å². The Bertz CT molecular complexity index is 525. The molecule has 128 valence electrons. The first-order chi connectivity index (χ1) is 11.3. The smallest absolute Gasteiger partial charge is 0.231 e. The highest BCUT2D eigenvalue weighted by atomic mass is 16.7. The van der Waals surface area contributed by atoms with Crippen LogP contribution >= 0.6 is 0 Å². The second-order valence-corrected chi connectivity index (χ2v) is 5.77. The zero-order valence-corrected chi connectivity index (χ0v) is 13.3. The van der Waals surface area contributed by atoms with E-state index in [4.69, 9.17) is 18.9 Å². The zero-order valence-electron chi connectivity index (χ0n) is 13.3. The van der Waals surface area contributed by atoms with E-state index >= 15 is 0 Å². The first-order valence-electron chi connectivity index (χ1n) is 7.91. The molecule has 7 nitrogen and oxygen atoms in total. The largest absolute Gasteiger partial charge is 0.491 e. The average molecular weight is 324 g/mol. The lowest BCUT2D eigenvalue weighted by atomic mass is 10.1. The third kappa shape index (κ3) is 4.06. The van der Waals surface area contributed by atoms with Crippen LogP contribution in [0, 0.1) is 5.92 Å². The molecule has 0 saturated carbocycles. The number of hydrogen-bond donors (Lipinski definition) is 3. The quantitative estimate of drug-likeness (QED) is 0.586. The maximum atomic E-state index is 9.83. The van der Waals surface area contributed by atoms with Gasteiger partial charge in [0, 0.05) is 50.8 Å². The molecule has 0 aromatic heterocycles. The molecule has 1 aromatic rings. The van der Waals surface area contributed by atoms with E-state index in [-0.39, 0.29) is 18.8 Å². The SMILES string of the molecule is COCCOc1cc2c(cc1CNCC1CNCC1O)OCO2. The van der Waals surface area contributed by atoms with Crippen molar-refractivity contribution in [2.45, 2.75) is 12.6 Å². The van der Waals surface area contributed by atoms with E-state index in [1.54, 1.807) is 7.11 Å². The molecule has 23 heavy (non-hydrogen) atoms. The lowest BCUT2D eigenvalue weighted by Crippen LogP contribution is -2.30. The number of aliphatic hydroxyl groups is 1. The van der Waals surface area contributed by atoms with Crippen LogP contribution in [-0.4, -0.2) is 58.0 Å². The standard InChI is InChI=1S/C16H24N2O5/c1-20-2-3-21-14-5-16-15(22-10-23-16)4-11(14)6-17-7-12-8-18-9-13(12)19/h4-5,12-13,17-19H,2-3,6-10H2,1H3. The summed E-state index contributed by atoms with van der Waals surface area (Å²) in [5, 5.41) is 16.4. The van der Waals surface area contributed by atoms with Crippen LogP contribution in [-0.2, 0) is 11.3 Å². The summed E-state index contributed by atoms with van der Waals surface area (Å²) in [6, 6.07) is 3.81. The third-order valence-corrected chi connectivity index (χ3v) is 4.13. The van der Waals surface area contributed by atoms with E-state index in [0.29, 0.717) is 32.1 Å². The lowest BCUT2D eigenvalue weighted by molar-refractivity contribution is 0.144. The molecule has 3 N–H and O–H groups in total. The number of β-amino-alcohol motifs (C(OH)–C–C–N with tert-alkyl or cyclic N) is 1. The fourth-order valence-electron chi connectivity index (χ4n) is 2.79. The number of ether oxygens (including phenoxy) is 4. The first kappa shape index (κ1) is 16.3. The molecule has 0 bridgehead atoms. The molecule has 1 aromatic carbocycles. The molecule has 3 rings (SSSR count). The zero-order chi connectivity index (χ0) is 16.1. The monoisotopic (exact) mass is 324 g/mol. The third-order valence-electron chi connectivity index (χ3n) is 4.13. The van der Waals surface area contributed by atoms with E-state index in [1.807, 2.05) is 12.1 Å². The Morgan fingerprint density at radius 3 is 2.83 bits per heavy atom. The highest BCUT2D eigenvalue weighted by Crippen LogP contribution is 2.38. The molecule has 2 aliphatic heterocycles. The van der Waals surface area contributed by atoms with Gasteiger partial charge in [-0.25, -0.2) is 0 Å². The molecule has 1 fully saturated rings. The molecule has 2 heterocycles. The van der Waals surface area contributed by atoms with Gasteiger partial charge in [0.25, 0.3) is 0 Å². The van der Waals surface area contributed by atoms with Crippen molar-refractivity contribution in [1.82, 2.24) is 10.6 Å². The van der Waals surface area contributed by atoms with E-state index in [0.717, 1.165) is 30.2 Å². The number of fused-ring (bicyclic) bond motifs is 1. The van der Waals surface area contributed by atoms with Crippen molar-refractivity contribution < 1.29 is 24.1 Å². The second-order valence-electron chi connectivity index (χ2n) is 5.77. The fraction of sp³-hybridized carbons (Fsp3) is 0.625. The summed E-state index contributed by atoms with van der Waals surface area (Å²) in [6.45, 7) is 4.15. The molecule has 0 spiro atoms. The molecule has 2 atom stereocenters. The molecular weight excluding hydrogens is 300 g/mol. The van der Waals surface area contributed by atoms with Gasteiger partial charge >= 0.3 is 0 Å². The summed E-state index contributed by atoms with van der Waals surface area (Å²) in [6.07, 6.45) is -0.281. The highest BCUT2D eigenvalue weighted by molar-refractivity contribution is 5.51. The summed E-state index contributed by atoms with van der Waals surface area (Å²) in [7, 11) is 1.65. The summed E-state index contributed by atoms with van der Waals surface area (Å²) in [5.41, 5.74) is 1.01. The Morgan fingerprint density at radius 2 is 2.09 bits per heavy atom. The van der Waals surface area contributed by atoms with Crippen LogP contribution in [0.1, 0.15) is 5.56 Å². The van der Waals surface area contributed by atoms with Gasteiger partial charge in [0.1, 0.15) is 12.4 Å². The van der Waals surface area contributed by atoms with Gasteiger partial charge in [-0.1, -0.05) is 0 Å². The van der Waals surface area contributed by atoms with E-state index in [9.17, 15) is 5.11 Å². The second kappa shape index (κ2) is 7.83. The van der Waals surface area contributed by atoms with Crippen molar-refractivity contribution in [3.63, 3.8) is 0 Å². The fourth-order valence-corrected chi connectivity index (χ4v) is 2.79. The van der Waals surface area contributed by atoms with Crippen LogP contribution in [0.4, 0.5) is 0 Å². The Balaban J connectivity index is 1.61. The van der Waals surface area contributed by atoms with E-state index < -0.39 is 0 Å². The average Bonchev–Trinajstić information content (AvgIpc) is 3.16. The Labute approximate surface area is 135 Å². The van der Waals surface area contributed by atoms with Gasteiger partial charge in [-0.3, -0.25) is 0 Å². The predicted molar refractivity (Wildman–Crippen MR) is 84.0 cm³/mol. The lowest BCUT2D eigenvalue weighted by Gasteiger charge is -2.16. The normalized spacial score (nSPS) is 22.5. The summed E-state index contributed by atoms with van der Waals surface area (Å²) in [4.78, 5) is 0. The predicted octanol–water partition coefficient (Wildman–Crippen LogP) is 0.110. The number of rotatable bonds is 8. The van der Waals surface area contributed by atoms with Crippen LogP contribution < -0.4 is 24.8 Å². The van der Waals surface area contributed by atoms with E-state index in [1.165, 1.54) is 0 Å². The van der Waals surface area contributed by atoms with Gasteiger partial charge in [0.05, 0.1) is 12.7 Å². The van der Waals surface area contributed by atoms with Crippen LogP contribution in [0.3, 0.4) is 0 Å². The summed E-state index contributed by atoms with van der Waals surface area (Å²) >= 11 is 0. The minimum absolute atomic E-state index is 0.238. The van der Waals surface area contributed by atoms with Crippen molar-refractivity contribution in [1.29, 1.82) is 0 Å². The molecule has 0 aliphatic carbocycles. The van der Waals surface area contributed by atoms with Crippen LogP contribution in [0.15, 0.2) is 12.1 Å². The van der Waals surface area contributed by atoms with Gasteiger partial charge in [-0.15, -0.1) is 0 Å². The maximum Gasteiger partial charge on any atom is 0.231 e. The van der Waals surface area contributed by atoms with Crippen LogP contribution in [0.25, 0.3) is 0 Å². The van der Waals surface area contributed by atoms with Crippen LogP contribution in [0.2, 0.25) is 0 Å². The Morgan fingerprint density at radius 1 is 1.26 bits per heavy atom. The highest BCUT2D eigenvalue weighted by Gasteiger charge is 2.24. The molecular formula is C16H24N2O5. The van der Waals surface area contributed by atoms with Gasteiger partial charge in [-0.2, -0.15) is 0 Å². The Kier molecular flexibility index (Phi) is 5.56. The van der Waals surface area contributed by atoms with Crippen molar-refractivity contribution in [2.24, 2.45) is 5.92 Å². The first-order valence-corrected chi connectivity index (χ1v) is 7.91. The number of hydrogen-bond acceptors (Lipinski definition) is 7. The number of methoxy groups -OCH3 is 1. The maximum absolute atomic E-state index is 9.83. The van der Waals surface area contributed by atoms with Crippen molar-refractivity contribution in [3.8, 4) is 17.2 Å². The van der Waals surface area contributed by atoms with Gasteiger partial charge in [0.2, 0.25) is 6.79 Å². The minimum atomic E-state index is -0.281. The van der Waals surface area contributed by atoms with E-state index in [2.05, 4.69) is 10.6 Å². The molecule has 2 unspecified atom stereocenters. The molecule has 0 radical (unpaired) electrons. The Hall–Kier alpha value is -1.54. The number of aliphatic hydroxyl groups excluding tert-OH is 1. The van der Waals surface area contributed by atoms with Crippen molar-refractivity contribution in [2.75, 3.05) is 46.8 Å². The van der Waals surface area contributed by atoms with Gasteiger partial charge in [0.15, 0.2) is 11.5 Å². The minimum Gasteiger partial charge on any atom is -0.491 e. The summed E-state index contributed by atoms with van der Waals surface area (Å²) < 4.78 is 21.7. The number of benzene rings is 1. The van der Waals surface area contributed by atoms with Crippen LogP contribution in [0.5, 0.6) is 17.2 Å². The van der Waals surface area contributed by atoms with Crippen molar-refractivity contribution in [3.05, 3.63) is 17.7 Å². The van der Waals surface area contributed by atoms with Crippen molar-refractivity contribution >= 4 is 0 Å². The molecule has 7 heteroatoms. The topological polar surface area (TPSA) is 81.2 Å². The number of nitrogens with one attached hydrogen (secondary N) is 2. The van der Waals surface area contributed by atoms with Gasteiger partial charge in [-0.05, 0) is 6.07 Å². The molecule has 1 saturated heterocycles. The molecule has 0 amide bonds.